The number of hydrogen-bond acceptors (Lipinski definition) is 2. The van der Waals surface area contributed by atoms with E-state index in [9.17, 15) is 4.79 Å². The molecule has 0 bridgehead atoms. The predicted molar refractivity (Wildman–Crippen MR) is 119 cm³/mol. The zero-order valence-corrected chi connectivity index (χ0v) is 17.9. The maximum Gasteiger partial charge on any atom is 0.321 e. The normalized spacial score (nSPS) is 21.9. The molecular formula is C22H36N4OS. The Morgan fingerprint density at radius 2 is 1.79 bits per heavy atom. The van der Waals surface area contributed by atoms with Gasteiger partial charge in [-0.05, 0) is 88.8 Å². The van der Waals surface area contributed by atoms with Crippen LogP contribution in [0.4, 0.5) is 4.79 Å². The molecule has 0 aromatic heterocycles. The van der Waals surface area contributed by atoms with Crippen LogP contribution in [0.1, 0.15) is 70.6 Å². The molecule has 1 aliphatic heterocycles. The first-order valence-corrected chi connectivity index (χ1v) is 11.6. The van der Waals surface area contributed by atoms with Crippen molar-refractivity contribution >= 4 is 23.4 Å². The Bertz CT molecular complexity index is 601. The summed E-state index contributed by atoms with van der Waals surface area (Å²) in [5.74, 6) is 0.600. The highest BCUT2D eigenvalue weighted by Gasteiger charge is 2.29. The summed E-state index contributed by atoms with van der Waals surface area (Å²) in [6, 6.07) is 0.0688. The van der Waals surface area contributed by atoms with Gasteiger partial charge in [0.1, 0.15) is 0 Å². The molecule has 0 saturated carbocycles. The zero-order chi connectivity index (χ0) is 19.6. The van der Waals surface area contributed by atoms with E-state index >= 15 is 0 Å². The molecule has 2 amide bonds. The van der Waals surface area contributed by atoms with Crippen LogP contribution in [-0.4, -0.2) is 42.2 Å². The largest absolute Gasteiger partial charge is 0.363 e. The van der Waals surface area contributed by atoms with Gasteiger partial charge in [-0.2, -0.15) is 0 Å². The van der Waals surface area contributed by atoms with Gasteiger partial charge in [-0.1, -0.05) is 17.7 Å². The average Bonchev–Trinajstić information content (AvgIpc) is 2.73. The van der Waals surface area contributed by atoms with E-state index < -0.39 is 0 Å². The molecular weight excluding hydrogens is 368 g/mol. The van der Waals surface area contributed by atoms with Gasteiger partial charge in [-0.15, -0.1) is 0 Å². The lowest BCUT2D eigenvalue weighted by Gasteiger charge is -2.37. The van der Waals surface area contributed by atoms with E-state index in [-0.39, 0.29) is 6.03 Å². The second-order valence-electron chi connectivity index (χ2n) is 8.18. The molecule has 0 spiro atoms. The van der Waals surface area contributed by atoms with Gasteiger partial charge in [0.2, 0.25) is 0 Å². The number of amides is 2. The molecule has 5 nitrogen and oxygen atoms in total. The van der Waals surface area contributed by atoms with E-state index in [0.717, 1.165) is 45.3 Å². The minimum Gasteiger partial charge on any atom is -0.363 e. The topological polar surface area (TPSA) is 56.4 Å². The van der Waals surface area contributed by atoms with Crippen LogP contribution in [0.25, 0.3) is 0 Å². The van der Waals surface area contributed by atoms with Crippen LogP contribution in [0.2, 0.25) is 0 Å². The number of piperidine rings is 1. The fraction of sp³-hybridized carbons (Fsp3) is 0.727. The highest BCUT2D eigenvalue weighted by atomic mass is 32.1. The molecule has 0 radical (unpaired) electrons. The van der Waals surface area contributed by atoms with Gasteiger partial charge >= 0.3 is 6.03 Å². The Hall–Kier alpha value is -1.56. The van der Waals surface area contributed by atoms with E-state index in [1.54, 1.807) is 5.57 Å². The maximum atomic E-state index is 12.6. The van der Waals surface area contributed by atoms with Gasteiger partial charge in [0, 0.05) is 31.9 Å². The number of nitrogens with zero attached hydrogens (tertiary/aromatic N) is 1. The third kappa shape index (κ3) is 6.50. The fourth-order valence-electron chi connectivity index (χ4n) is 4.51. The second-order valence-corrected chi connectivity index (χ2v) is 8.59. The lowest BCUT2D eigenvalue weighted by atomic mass is 9.85. The zero-order valence-electron chi connectivity index (χ0n) is 17.1. The molecule has 1 atom stereocenters. The minimum atomic E-state index is 0.0688. The number of thiocarbonyl (C=S) groups is 1. The van der Waals surface area contributed by atoms with Crippen molar-refractivity contribution in [2.75, 3.05) is 26.2 Å². The number of hydrogen-bond donors (Lipinski definition) is 3. The summed E-state index contributed by atoms with van der Waals surface area (Å²) in [6.45, 7) is 3.21. The number of nitrogens with one attached hydrogen (secondary N) is 3. The van der Waals surface area contributed by atoms with Crippen molar-refractivity contribution in [1.82, 2.24) is 20.9 Å². The van der Waals surface area contributed by atoms with Crippen molar-refractivity contribution in [3.8, 4) is 0 Å². The molecule has 1 saturated heterocycles. The van der Waals surface area contributed by atoms with E-state index in [2.05, 4.69) is 28.1 Å². The standard InChI is InChI=1S/C22H36N4OS/c27-22(26-17-6-11-19-10-4-5-12-20(19)26)25-15-7-14-23-21(28)24-16-13-18-8-2-1-3-9-18/h8,12,19H,1-7,9-11,13-17H2,(H,25,27)(H2,23,24,28). The van der Waals surface area contributed by atoms with Crippen LogP contribution in [-0.2, 0) is 0 Å². The van der Waals surface area contributed by atoms with Crippen molar-refractivity contribution in [3.63, 3.8) is 0 Å². The van der Waals surface area contributed by atoms with E-state index in [1.807, 2.05) is 4.90 Å². The molecule has 3 N–H and O–H groups in total. The predicted octanol–water partition coefficient (Wildman–Crippen LogP) is 4.22. The molecule has 0 aromatic rings. The quantitative estimate of drug-likeness (QED) is 0.338. The minimum absolute atomic E-state index is 0.0688. The average molecular weight is 405 g/mol. The number of urea groups is 1. The first kappa shape index (κ1) is 21.2. The SMILES string of the molecule is O=C(NCCCNC(=S)NCCC1=CCCCC1)N1CCCC2CCCC=C21. The van der Waals surface area contributed by atoms with Crippen LogP contribution in [0.5, 0.6) is 0 Å². The van der Waals surface area contributed by atoms with Gasteiger partial charge in [0.05, 0.1) is 0 Å². The Morgan fingerprint density at radius 3 is 2.64 bits per heavy atom. The third-order valence-electron chi connectivity index (χ3n) is 6.05. The number of rotatable bonds is 7. The highest BCUT2D eigenvalue weighted by molar-refractivity contribution is 7.80. The van der Waals surface area contributed by atoms with Crippen LogP contribution in [0.3, 0.4) is 0 Å². The molecule has 1 fully saturated rings. The molecule has 156 valence electrons. The summed E-state index contributed by atoms with van der Waals surface area (Å²) in [7, 11) is 0. The smallest absolute Gasteiger partial charge is 0.321 e. The van der Waals surface area contributed by atoms with Crippen LogP contribution >= 0.6 is 12.2 Å². The number of fused-ring (bicyclic) bond motifs is 1. The maximum absolute atomic E-state index is 12.6. The first-order chi connectivity index (χ1) is 13.7. The van der Waals surface area contributed by atoms with E-state index in [0.29, 0.717) is 17.6 Å². The Balaban J connectivity index is 1.25. The second kappa shape index (κ2) is 11.4. The number of carbonyl (C=O) groups is 1. The summed E-state index contributed by atoms with van der Waals surface area (Å²) in [5, 5.41) is 10.3. The molecule has 1 heterocycles. The first-order valence-electron chi connectivity index (χ1n) is 11.2. The highest BCUT2D eigenvalue weighted by Crippen LogP contribution is 2.34. The van der Waals surface area contributed by atoms with E-state index in [1.165, 1.54) is 50.6 Å². The van der Waals surface area contributed by atoms with E-state index in [4.69, 9.17) is 12.2 Å². The van der Waals surface area contributed by atoms with Gasteiger partial charge in [0.25, 0.3) is 0 Å². The van der Waals surface area contributed by atoms with Gasteiger partial charge in [-0.3, -0.25) is 4.90 Å². The fourth-order valence-corrected chi connectivity index (χ4v) is 4.71. The molecule has 6 heteroatoms. The number of carbonyl (C=O) groups excluding carboxylic acids is 1. The van der Waals surface area contributed by atoms with Gasteiger partial charge < -0.3 is 16.0 Å². The lowest BCUT2D eigenvalue weighted by molar-refractivity contribution is 0.187. The number of allylic oxidation sites excluding steroid dienone is 3. The van der Waals surface area contributed by atoms with Gasteiger partial charge in [0.15, 0.2) is 5.11 Å². The lowest BCUT2D eigenvalue weighted by Crippen LogP contribution is -2.45. The molecule has 1 unspecified atom stereocenters. The molecule has 0 aromatic carbocycles. The third-order valence-corrected chi connectivity index (χ3v) is 6.34. The van der Waals surface area contributed by atoms with Crippen LogP contribution < -0.4 is 16.0 Å². The van der Waals surface area contributed by atoms with Crippen molar-refractivity contribution in [2.45, 2.75) is 70.6 Å². The van der Waals surface area contributed by atoms with Gasteiger partial charge in [-0.25, -0.2) is 4.79 Å². The van der Waals surface area contributed by atoms with Crippen molar-refractivity contribution < 1.29 is 4.79 Å². The molecule has 2 aliphatic carbocycles. The van der Waals surface area contributed by atoms with Crippen molar-refractivity contribution in [1.29, 1.82) is 0 Å². The monoisotopic (exact) mass is 404 g/mol. The summed E-state index contributed by atoms with van der Waals surface area (Å²) < 4.78 is 0. The van der Waals surface area contributed by atoms with Crippen molar-refractivity contribution in [3.05, 3.63) is 23.4 Å². The van der Waals surface area contributed by atoms with Crippen LogP contribution in [0, 0.1) is 5.92 Å². The summed E-state index contributed by atoms with van der Waals surface area (Å²) >= 11 is 5.34. The Kier molecular flexibility index (Phi) is 8.65. The Morgan fingerprint density at radius 1 is 1.00 bits per heavy atom. The molecule has 28 heavy (non-hydrogen) atoms. The Labute approximate surface area is 175 Å². The number of likely N-dealkylation sites (tertiary alicyclic amines) is 1. The summed E-state index contributed by atoms with van der Waals surface area (Å²) in [4.78, 5) is 14.5. The summed E-state index contributed by atoms with van der Waals surface area (Å²) in [6.07, 6.45) is 17.7. The summed E-state index contributed by atoms with van der Waals surface area (Å²) in [5.41, 5.74) is 2.84. The molecule has 3 rings (SSSR count). The molecule has 3 aliphatic rings. The van der Waals surface area contributed by atoms with Crippen LogP contribution in [0.15, 0.2) is 23.4 Å². The van der Waals surface area contributed by atoms with Crippen molar-refractivity contribution in [2.24, 2.45) is 5.92 Å².